The van der Waals surface area contributed by atoms with Gasteiger partial charge >= 0.3 is 0 Å². The molecule has 2 heterocycles. The van der Waals surface area contributed by atoms with Crippen LogP contribution in [-0.2, 0) is 0 Å². The number of para-hydroxylation sites is 3. The minimum atomic E-state index is -0.413. The van der Waals surface area contributed by atoms with Gasteiger partial charge in [-0.3, -0.25) is 0 Å². The summed E-state index contributed by atoms with van der Waals surface area (Å²) in [5.74, 6) is 0. The van der Waals surface area contributed by atoms with Crippen molar-refractivity contribution >= 4 is 71.7 Å². The fourth-order valence-corrected chi connectivity index (χ4v) is 7.96. The first-order valence-electron chi connectivity index (χ1n) is 20.8. The van der Waals surface area contributed by atoms with E-state index in [4.69, 9.17) is 15.7 Å². The van der Waals surface area contributed by atoms with Crippen molar-refractivity contribution in [2.75, 3.05) is 4.90 Å². The topological polar surface area (TPSA) is 29.5 Å². The van der Waals surface area contributed by atoms with E-state index in [1.807, 2.05) is 78.9 Å². The maximum absolute atomic E-state index is 8.72. The van der Waals surface area contributed by atoms with Gasteiger partial charge in [0.15, 0.2) is 0 Å². The van der Waals surface area contributed by atoms with Crippen molar-refractivity contribution in [3.63, 3.8) is 0 Å². The number of fused-ring (bicyclic) bond motifs is 8. The van der Waals surface area contributed by atoms with Gasteiger partial charge in [-0.2, -0.15) is 0 Å². The maximum Gasteiger partial charge on any atom is 0.143 e. The number of benzene rings is 9. The number of hydrogen-bond donors (Lipinski definition) is 0. The van der Waals surface area contributed by atoms with Gasteiger partial charge in [-0.1, -0.05) is 139 Å². The molecule has 0 spiro atoms. The Kier molecular flexibility index (Phi) is 6.07. The molecule has 11 rings (SSSR count). The maximum atomic E-state index is 8.72. The van der Waals surface area contributed by atoms with Crippen LogP contribution in [0.3, 0.4) is 0 Å². The van der Waals surface area contributed by atoms with Crippen LogP contribution in [0.5, 0.6) is 0 Å². The van der Waals surface area contributed by atoms with Crippen LogP contribution in [0.15, 0.2) is 209 Å². The highest BCUT2D eigenvalue weighted by molar-refractivity contribution is 6.19. The zero-order valence-electron chi connectivity index (χ0n) is 34.4. The Balaban J connectivity index is 0.964. The van der Waals surface area contributed by atoms with Gasteiger partial charge in [-0.05, 0) is 93.9 Å². The molecule has 0 saturated heterocycles. The van der Waals surface area contributed by atoms with Crippen LogP contribution in [0, 0.1) is 0 Å². The average molecular weight is 709 g/mol. The van der Waals surface area contributed by atoms with E-state index in [0.717, 1.165) is 82.8 Å². The van der Waals surface area contributed by atoms with Gasteiger partial charge in [0.1, 0.15) is 22.3 Å². The SMILES string of the molecule is [2H]c1c([2H])c([2H])c(-c2cc3c4ccc(-c5ccc(N(c6ccccc6)c6ccc(-c7cccc8c7oc7ccccc78)cc6)cc5)cc4oc3c3ccccc23)c([2H])c1[2H]. The molecule has 0 aliphatic rings. The van der Waals surface area contributed by atoms with E-state index < -0.39 is 6.04 Å². The molecule has 0 fully saturated rings. The van der Waals surface area contributed by atoms with Crippen molar-refractivity contribution < 1.29 is 15.7 Å². The van der Waals surface area contributed by atoms with Crippen LogP contribution in [0.2, 0.25) is 0 Å². The molecule has 258 valence electrons. The summed E-state index contributed by atoms with van der Waals surface area (Å²) in [5, 5.41) is 5.46. The highest BCUT2D eigenvalue weighted by Crippen LogP contribution is 2.42. The second-order valence-electron chi connectivity index (χ2n) is 13.7. The van der Waals surface area contributed by atoms with Gasteiger partial charge in [-0.25, -0.2) is 0 Å². The second kappa shape index (κ2) is 12.6. The molecule has 0 N–H and O–H groups in total. The minimum absolute atomic E-state index is 0.172. The lowest BCUT2D eigenvalue weighted by Crippen LogP contribution is -2.09. The van der Waals surface area contributed by atoms with E-state index in [0.29, 0.717) is 16.7 Å². The molecule has 55 heavy (non-hydrogen) atoms. The van der Waals surface area contributed by atoms with Crippen molar-refractivity contribution in [2.45, 2.75) is 0 Å². The second-order valence-corrected chi connectivity index (χ2v) is 13.7. The van der Waals surface area contributed by atoms with Crippen LogP contribution in [0.25, 0.3) is 88.0 Å². The third-order valence-corrected chi connectivity index (χ3v) is 10.6. The van der Waals surface area contributed by atoms with E-state index in [1.54, 1.807) is 0 Å². The summed E-state index contributed by atoms with van der Waals surface area (Å²) < 4.78 is 55.2. The lowest BCUT2D eigenvalue weighted by atomic mass is 9.95. The largest absolute Gasteiger partial charge is 0.455 e. The average Bonchev–Trinajstić information content (AvgIpc) is 3.87. The van der Waals surface area contributed by atoms with Crippen LogP contribution < -0.4 is 4.90 Å². The van der Waals surface area contributed by atoms with Crippen molar-refractivity contribution in [2.24, 2.45) is 0 Å². The van der Waals surface area contributed by atoms with Gasteiger partial charge in [0, 0.05) is 49.6 Å². The predicted molar refractivity (Wildman–Crippen MR) is 229 cm³/mol. The molecule has 0 radical (unpaired) electrons. The predicted octanol–water partition coefficient (Wildman–Crippen LogP) is 15.1. The zero-order valence-corrected chi connectivity index (χ0v) is 29.4. The Labute approximate surface area is 324 Å². The molecule has 3 nitrogen and oxygen atoms in total. The van der Waals surface area contributed by atoms with Crippen LogP contribution >= 0.6 is 0 Å². The van der Waals surface area contributed by atoms with E-state index >= 15 is 0 Å². The number of rotatable bonds is 6. The molecule has 0 aliphatic heterocycles. The molecular formula is C52H33NO2. The zero-order chi connectivity index (χ0) is 40.6. The molecule has 0 saturated carbocycles. The van der Waals surface area contributed by atoms with Crippen LogP contribution in [-0.4, -0.2) is 0 Å². The molecule has 0 aliphatic carbocycles. The minimum Gasteiger partial charge on any atom is -0.455 e. The van der Waals surface area contributed by atoms with E-state index in [-0.39, 0.29) is 29.7 Å². The van der Waals surface area contributed by atoms with E-state index in [1.165, 1.54) is 0 Å². The number of anilines is 3. The lowest BCUT2D eigenvalue weighted by molar-refractivity contribution is 0.670. The Bertz CT molecular complexity index is 3450. The summed E-state index contributed by atoms with van der Waals surface area (Å²) in [6.07, 6.45) is 0. The van der Waals surface area contributed by atoms with E-state index in [9.17, 15) is 0 Å². The van der Waals surface area contributed by atoms with Crippen molar-refractivity contribution in [1.82, 2.24) is 0 Å². The Morgan fingerprint density at radius 2 is 0.927 bits per heavy atom. The number of hydrogen-bond acceptors (Lipinski definition) is 3. The third-order valence-electron chi connectivity index (χ3n) is 10.6. The Morgan fingerprint density at radius 1 is 0.345 bits per heavy atom. The Hall–Kier alpha value is -7.36. The highest BCUT2D eigenvalue weighted by Gasteiger charge is 2.18. The fourth-order valence-electron chi connectivity index (χ4n) is 7.96. The standard InChI is InChI=1S/C52H33NO2/c1-3-12-35(13-4-1)47-33-48-44-31-26-37(32-50(44)55-52(48)45-18-8-7-16-42(45)47)34-22-27-39(28-23-34)53(38-14-5-2-6-15-38)40-29-24-36(25-30-40)41-19-11-20-46-43-17-9-10-21-49(43)54-51(41)46/h1-33H/i1D,3D,4D,12D,13D. The smallest absolute Gasteiger partial charge is 0.143 e. The van der Waals surface area contributed by atoms with Gasteiger partial charge in [0.05, 0.1) is 6.85 Å². The molecular weight excluding hydrogens is 671 g/mol. The van der Waals surface area contributed by atoms with Gasteiger partial charge in [0.2, 0.25) is 0 Å². The van der Waals surface area contributed by atoms with Gasteiger partial charge in [0.25, 0.3) is 0 Å². The summed E-state index contributed by atoms with van der Waals surface area (Å²) >= 11 is 0. The third kappa shape index (κ3) is 5.20. The molecule has 3 heteroatoms. The van der Waals surface area contributed by atoms with Gasteiger partial charge < -0.3 is 13.7 Å². The fraction of sp³-hybridized carbons (Fsp3) is 0. The number of furan rings is 2. The monoisotopic (exact) mass is 708 g/mol. The van der Waals surface area contributed by atoms with Crippen LogP contribution in [0.4, 0.5) is 17.1 Å². The molecule has 0 bridgehead atoms. The normalized spacial score (nSPS) is 12.9. The number of nitrogens with zero attached hydrogens (tertiary/aromatic N) is 1. The quantitative estimate of drug-likeness (QED) is 0.172. The van der Waals surface area contributed by atoms with Crippen molar-refractivity contribution in [1.29, 1.82) is 0 Å². The van der Waals surface area contributed by atoms with E-state index in [2.05, 4.69) is 95.9 Å². The molecule has 0 unspecified atom stereocenters. The summed E-state index contributed by atoms with van der Waals surface area (Å²) in [6, 6.07) is 56.0. The molecule has 2 aromatic heterocycles. The summed E-state index contributed by atoms with van der Waals surface area (Å²) in [7, 11) is 0. The first-order chi connectivity index (χ1) is 29.3. The van der Waals surface area contributed by atoms with Crippen molar-refractivity contribution in [3.8, 4) is 33.4 Å². The van der Waals surface area contributed by atoms with Gasteiger partial charge in [-0.15, -0.1) is 0 Å². The van der Waals surface area contributed by atoms with Crippen molar-refractivity contribution in [3.05, 3.63) is 200 Å². The lowest BCUT2D eigenvalue weighted by Gasteiger charge is -2.26. The van der Waals surface area contributed by atoms with Crippen LogP contribution in [0.1, 0.15) is 6.85 Å². The molecule has 9 aromatic carbocycles. The molecule has 11 aromatic rings. The first-order valence-corrected chi connectivity index (χ1v) is 18.3. The highest BCUT2D eigenvalue weighted by atomic mass is 16.3. The first kappa shape index (κ1) is 26.4. The summed E-state index contributed by atoms with van der Waals surface area (Å²) in [4.78, 5) is 2.25. The summed E-state index contributed by atoms with van der Waals surface area (Å²) in [6.45, 7) is 0. The molecule has 0 atom stereocenters. The molecule has 0 amide bonds. The Morgan fingerprint density at radius 3 is 1.71 bits per heavy atom. The summed E-state index contributed by atoms with van der Waals surface area (Å²) in [5.41, 5.74) is 11.1.